The van der Waals surface area contributed by atoms with Crippen LogP contribution in [0.25, 0.3) is 0 Å². The molecule has 2 rings (SSSR count). The summed E-state index contributed by atoms with van der Waals surface area (Å²) in [6, 6.07) is 4.81. The molecule has 0 aromatic heterocycles. The van der Waals surface area contributed by atoms with E-state index in [1.165, 1.54) is 32.1 Å². The number of carbonyl (C=O) groups excluding carboxylic acids is 1. The van der Waals surface area contributed by atoms with Crippen molar-refractivity contribution >= 4 is 11.7 Å². The molecule has 3 N–H and O–H groups in total. The monoisotopic (exact) mass is 274 g/mol. The molecule has 4 nitrogen and oxygen atoms in total. The number of urea groups is 1. The van der Waals surface area contributed by atoms with Gasteiger partial charge in [0.2, 0.25) is 0 Å². The van der Waals surface area contributed by atoms with Crippen LogP contribution in [-0.4, -0.2) is 11.1 Å². The number of benzene rings is 1. The number of rotatable bonds is 3. The zero-order valence-electron chi connectivity index (χ0n) is 11.9. The second-order valence-corrected chi connectivity index (χ2v) is 5.38. The summed E-state index contributed by atoms with van der Waals surface area (Å²) in [7, 11) is 0. The van der Waals surface area contributed by atoms with Crippen LogP contribution >= 0.6 is 0 Å². The molecule has 0 radical (unpaired) electrons. The Morgan fingerprint density at radius 1 is 1.30 bits per heavy atom. The fourth-order valence-corrected chi connectivity index (χ4v) is 2.49. The molecule has 1 saturated carbocycles. The van der Waals surface area contributed by atoms with Gasteiger partial charge in [-0.25, -0.2) is 4.79 Å². The Hall–Kier alpha value is -1.97. The average Bonchev–Trinajstić information content (AvgIpc) is 2.43. The van der Waals surface area contributed by atoms with E-state index in [9.17, 15) is 9.90 Å². The van der Waals surface area contributed by atoms with Crippen molar-refractivity contribution in [2.24, 2.45) is 5.92 Å². The maximum absolute atomic E-state index is 11.7. The Morgan fingerprint density at radius 3 is 2.75 bits per heavy atom. The van der Waals surface area contributed by atoms with Crippen molar-refractivity contribution in [3.63, 3.8) is 0 Å². The zero-order valence-corrected chi connectivity index (χ0v) is 11.9. The van der Waals surface area contributed by atoms with Crippen LogP contribution in [0, 0.1) is 12.8 Å². The van der Waals surface area contributed by atoms with Crippen LogP contribution < -0.4 is 10.6 Å². The maximum Gasteiger partial charge on any atom is 0.323 e. The van der Waals surface area contributed by atoms with Crippen LogP contribution in [0.15, 0.2) is 30.5 Å². The maximum atomic E-state index is 11.7. The van der Waals surface area contributed by atoms with Crippen LogP contribution in [0.3, 0.4) is 0 Å². The van der Waals surface area contributed by atoms with E-state index >= 15 is 0 Å². The third-order valence-corrected chi connectivity index (χ3v) is 3.63. The lowest BCUT2D eigenvalue weighted by atomic mass is 9.89. The number of aryl methyl sites for hydroxylation is 1. The van der Waals surface area contributed by atoms with E-state index < -0.39 is 0 Å². The van der Waals surface area contributed by atoms with Crippen LogP contribution in [0.2, 0.25) is 0 Å². The molecule has 0 unspecified atom stereocenters. The van der Waals surface area contributed by atoms with Gasteiger partial charge in [0.1, 0.15) is 5.75 Å². The van der Waals surface area contributed by atoms with E-state index in [1.54, 1.807) is 18.3 Å². The van der Waals surface area contributed by atoms with Crippen molar-refractivity contribution in [3.8, 4) is 5.75 Å². The first kappa shape index (κ1) is 14.4. The van der Waals surface area contributed by atoms with Crippen LogP contribution in [0.4, 0.5) is 10.5 Å². The molecular weight excluding hydrogens is 252 g/mol. The average molecular weight is 274 g/mol. The lowest BCUT2D eigenvalue weighted by molar-refractivity contribution is 0.255. The molecule has 1 aromatic rings. The highest BCUT2D eigenvalue weighted by atomic mass is 16.3. The quantitative estimate of drug-likeness (QED) is 0.732. The molecule has 0 aliphatic heterocycles. The van der Waals surface area contributed by atoms with Gasteiger partial charge in [0.15, 0.2) is 0 Å². The Kier molecular flexibility index (Phi) is 5.04. The van der Waals surface area contributed by atoms with Gasteiger partial charge < -0.3 is 15.7 Å². The molecule has 0 heterocycles. The van der Waals surface area contributed by atoms with Crippen molar-refractivity contribution in [2.75, 3.05) is 5.32 Å². The molecular formula is C16H22N2O2. The molecule has 0 atom stereocenters. The molecule has 20 heavy (non-hydrogen) atoms. The van der Waals surface area contributed by atoms with Crippen molar-refractivity contribution in [1.29, 1.82) is 0 Å². The first-order valence-corrected chi connectivity index (χ1v) is 7.19. The standard InChI is InChI=1S/C16H22N2O2/c1-12-7-8-14(15(19)11-12)18-16(20)17-10-9-13-5-3-2-4-6-13/h7-11,13,19H,2-6H2,1H3,(H2,17,18,20)/b10-9+. The molecule has 1 aliphatic rings. The number of hydrogen-bond acceptors (Lipinski definition) is 2. The SMILES string of the molecule is Cc1ccc(NC(=O)N/C=C/C2CCCCC2)c(O)c1. The van der Waals surface area contributed by atoms with E-state index in [0.717, 1.165) is 5.56 Å². The Balaban J connectivity index is 1.81. The number of phenolic OH excluding ortho intramolecular Hbond substituents is 1. The molecule has 4 heteroatoms. The van der Waals surface area contributed by atoms with E-state index in [2.05, 4.69) is 16.7 Å². The predicted octanol–water partition coefficient (Wildman–Crippen LogP) is 3.92. The number of amides is 2. The highest BCUT2D eigenvalue weighted by molar-refractivity contribution is 5.91. The minimum absolute atomic E-state index is 0.0800. The molecule has 1 fully saturated rings. The Morgan fingerprint density at radius 2 is 2.05 bits per heavy atom. The van der Waals surface area contributed by atoms with Crippen LogP contribution in [-0.2, 0) is 0 Å². The minimum atomic E-state index is -0.337. The van der Waals surface area contributed by atoms with Gasteiger partial charge >= 0.3 is 6.03 Å². The molecule has 0 spiro atoms. The summed E-state index contributed by atoms with van der Waals surface area (Å²) in [5, 5.41) is 15.0. The van der Waals surface area contributed by atoms with Gasteiger partial charge in [0, 0.05) is 6.20 Å². The first-order valence-electron chi connectivity index (χ1n) is 7.19. The van der Waals surface area contributed by atoms with E-state index in [-0.39, 0.29) is 11.8 Å². The van der Waals surface area contributed by atoms with Gasteiger partial charge in [-0.05, 0) is 43.4 Å². The van der Waals surface area contributed by atoms with Gasteiger partial charge in [-0.2, -0.15) is 0 Å². The Labute approximate surface area is 119 Å². The van der Waals surface area contributed by atoms with E-state index in [0.29, 0.717) is 11.6 Å². The number of anilines is 1. The van der Waals surface area contributed by atoms with E-state index in [4.69, 9.17) is 0 Å². The molecule has 1 aliphatic carbocycles. The van der Waals surface area contributed by atoms with Gasteiger partial charge in [-0.3, -0.25) is 0 Å². The van der Waals surface area contributed by atoms with Gasteiger partial charge in [-0.15, -0.1) is 0 Å². The Bertz CT molecular complexity index is 491. The highest BCUT2D eigenvalue weighted by Crippen LogP contribution is 2.25. The van der Waals surface area contributed by atoms with Gasteiger partial charge in [0.05, 0.1) is 5.69 Å². The van der Waals surface area contributed by atoms with E-state index in [1.807, 2.05) is 13.0 Å². The van der Waals surface area contributed by atoms with Crippen molar-refractivity contribution < 1.29 is 9.90 Å². The third-order valence-electron chi connectivity index (χ3n) is 3.63. The first-order chi connectivity index (χ1) is 9.65. The molecule has 2 amide bonds. The number of phenols is 1. The van der Waals surface area contributed by atoms with Gasteiger partial charge in [0.25, 0.3) is 0 Å². The fraction of sp³-hybridized carbons (Fsp3) is 0.438. The number of nitrogens with one attached hydrogen (secondary N) is 2. The highest BCUT2D eigenvalue weighted by Gasteiger charge is 2.10. The molecule has 1 aromatic carbocycles. The van der Waals surface area contributed by atoms with Crippen molar-refractivity contribution in [3.05, 3.63) is 36.0 Å². The zero-order chi connectivity index (χ0) is 14.4. The normalized spacial score (nSPS) is 16.2. The number of allylic oxidation sites excluding steroid dienone is 1. The van der Waals surface area contributed by atoms with Crippen LogP contribution in [0.1, 0.15) is 37.7 Å². The van der Waals surface area contributed by atoms with Crippen LogP contribution in [0.5, 0.6) is 5.75 Å². The van der Waals surface area contributed by atoms with Gasteiger partial charge in [-0.1, -0.05) is 31.4 Å². The van der Waals surface area contributed by atoms with Crippen molar-refractivity contribution in [2.45, 2.75) is 39.0 Å². The summed E-state index contributed by atoms with van der Waals surface area (Å²) >= 11 is 0. The minimum Gasteiger partial charge on any atom is -0.506 e. The fourth-order valence-electron chi connectivity index (χ4n) is 2.49. The number of aromatic hydroxyl groups is 1. The number of hydrogen-bond donors (Lipinski definition) is 3. The largest absolute Gasteiger partial charge is 0.506 e. The summed E-state index contributed by atoms with van der Waals surface area (Å²) in [5.41, 5.74) is 1.37. The topological polar surface area (TPSA) is 61.4 Å². The second kappa shape index (κ2) is 6.98. The smallest absolute Gasteiger partial charge is 0.323 e. The molecule has 108 valence electrons. The van der Waals surface area contributed by atoms with Crippen molar-refractivity contribution in [1.82, 2.24) is 5.32 Å². The summed E-state index contributed by atoms with van der Waals surface area (Å²) in [5.74, 6) is 0.660. The lowest BCUT2D eigenvalue weighted by Crippen LogP contribution is -2.24. The lowest BCUT2D eigenvalue weighted by Gasteiger charge is -2.17. The summed E-state index contributed by atoms with van der Waals surface area (Å²) in [6.45, 7) is 1.89. The summed E-state index contributed by atoms with van der Waals surface area (Å²) in [6.07, 6.45) is 10.1. The second-order valence-electron chi connectivity index (χ2n) is 5.38. The number of carbonyl (C=O) groups is 1. The molecule has 0 saturated heterocycles. The molecule has 0 bridgehead atoms. The predicted molar refractivity (Wildman–Crippen MR) is 80.7 cm³/mol. The third kappa shape index (κ3) is 4.30. The summed E-state index contributed by atoms with van der Waals surface area (Å²) < 4.78 is 0. The summed E-state index contributed by atoms with van der Waals surface area (Å²) in [4.78, 5) is 11.7.